The first kappa shape index (κ1) is 98.9. The number of esters is 4. The van der Waals surface area contributed by atoms with Gasteiger partial charge in [0.1, 0.15) is 19.3 Å². The normalized spacial score (nSPS) is 14.6. The highest BCUT2D eigenvalue weighted by molar-refractivity contribution is 7.47. The Bertz CT molecular complexity index is 2540. The van der Waals surface area contributed by atoms with Crippen LogP contribution >= 0.6 is 15.6 Å². The summed E-state index contributed by atoms with van der Waals surface area (Å²) in [4.78, 5) is 73.0. The second-order valence-electron chi connectivity index (χ2n) is 26.2. The molecule has 0 aliphatic heterocycles. The number of aliphatic hydroxyl groups is 1. The fourth-order valence-corrected chi connectivity index (χ4v) is 11.9. The van der Waals surface area contributed by atoms with Crippen LogP contribution in [0.2, 0.25) is 0 Å². The molecule has 0 heterocycles. The number of hydrogen-bond acceptors (Lipinski definition) is 15. The summed E-state index contributed by atoms with van der Waals surface area (Å²) in [6, 6.07) is 0. The Morgan fingerprint density at radius 2 is 0.500 bits per heavy atom. The minimum absolute atomic E-state index is 0.0738. The second-order valence-corrected chi connectivity index (χ2v) is 29.1. The first-order chi connectivity index (χ1) is 50.7. The molecule has 0 fully saturated rings. The molecule has 3 N–H and O–H groups in total. The van der Waals surface area contributed by atoms with Gasteiger partial charge in [-0.1, -0.05) is 289 Å². The Hall–Kier alpha value is -5.06. The predicted octanol–water partition coefficient (Wildman–Crippen LogP) is 23.4. The van der Waals surface area contributed by atoms with Crippen LogP contribution in [0, 0.1) is 0 Å². The summed E-state index contributed by atoms with van der Waals surface area (Å²) in [6.07, 6.45) is 86.8. The molecular formula is C85H142O17P2. The number of aliphatic hydroxyl groups excluding tert-OH is 1. The molecule has 0 saturated heterocycles. The van der Waals surface area contributed by atoms with E-state index in [-0.39, 0.29) is 25.7 Å². The molecule has 0 aromatic carbocycles. The van der Waals surface area contributed by atoms with E-state index in [1.165, 1.54) is 38.5 Å². The summed E-state index contributed by atoms with van der Waals surface area (Å²) in [5, 5.41) is 10.6. The van der Waals surface area contributed by atoms with Gasteiger partial charge in [-0.2, -0.15) is 0 Å². The van der Waals surface area contributed by atoms with Crippen molar-refractivity contribution < 1.29 is 80.2 Å². The maximum atomic E-state index is 13.1. The molecule has 17 nitrogen and oxygen atoms in total. The van der Waals surface area contributed by atoms with Crippen molar-refractivity contribution >= 4 is 39.5 Å². The Morgan fingerprint density at radius 3 is 0.779 bits per heavy atom. The zero-order valence-electron chi connectivity index (χ0n) is 64.9. The molecule has 0 aromatic rings. The third kappa shape index (κ3) is 75.2. The van der Waals surface area contributed by atoms with Crippen molar-refractivity contribution in [3.8, 4) is 0 Å². The molecule has 0 bridgehead atoms. The van der Waals surface area contributed by atoms with E-state index >= 15 is 0 Å². The number of allylic oxidation sites excluding steroid dienone is 24. The van der Waals surface area contributed by atoms with Crippen LogP contribution in [-0.2, 0) is 65.4 Å². The summed E-state index contributed by atoms with van der Waals surface area (Å²) >= 11 is 0. The van der Waals surface area contributed by atoms with Gasteiger partial charge in [0.05, 0.1) is 26.4 Å². The molecule has 19 heteroatoms. The number of carbonyl (C=O) groups is 4. The lowest BCUT2D eigenvalue weighted by Crippen LogP contribution is -2.30. The topological polar surface area (TPSA) is 237 Å². The monoisotopic (exact) mass is 1500 g/mol. The molecule has 0 radical (unpaired) electrons. The molecule has 0 saturated carbocycles. The van der Waals surface area contributed by atoms with Gasteiger partial charge in [-0.25, -0.2) is 9.13 Å². The van der Waals surface area contributed by atoms with Crippen molar-refractivity contribution in [2.45, 2.75) is 329 Å². The summed E-state index contributed by atoms with van der Waals surface area (Å²) in [5.41, 5.74) is 0. The Labute approximate surface area is 630 Å². The highest BCUT2D eigenvalue weighted by Gasteiger charge is 2.30. The van der Waals surface area contributed by atoms with E-state index in [0.29, 0.717) is 25.7 Å². The fourth-order valence-electron chi connectivity index (χ4n) is 10.3. The maximum Gasteiger partial charge on any atom is 0.472 e. The second kappa shape index (κ2) is 76.1. The molecule has 104 heavy (non-hydrogen) atoms. The number of hydrogen-bond donors (Lipinski definition) is 3. The molecule has 0 aliphatic rings. The van der Waals surface area contributed by atoms with E-state index in [2.05, 4.69) is 174 Å². The smallest absolute Gasteiger partial charge is 0.462 e. The Balaban J connectivity index is 5.39. The van der Waals surface area contributed by atoms with Gasteiger partial charge in [0.2, 0.25) is 0 Å². The van der Waals surface area contributed by atoms with Crippen LogP contribution in [-0.4, -0.2) is 96.7 Å². The van der Waals surface area contributed by atoms with Crippen LogP contribution in [0.3, 0.4) is 0 Å². The molecule has 0 rings (SSSR count). The number of phosphoric ester groups is 2. The van der Waals surface area contributed by atoms with Crippen molar-refractivity contribution in [1.29, 1.82) is 0 Å². The van der Waals surface area contributed by atoms with Crippen molar-refractivity contribution in [2.75, 3.05) is 39.6 Å². The average molecular weight is 1500 g/mol. The summed E-state index contributed by atoms with van der Waals surface area (Å²) in [5.74, 6) is -2.25. The zero-order chi connectivity index (χ0) is 76.0. The minimum Gasteiger partial charge on any atom is -0.462 e. The summed E-state index contributed by atoms with van der Waals surface area (Å²) < 4.78 is 68.6. The SMILES string of the molecule is CC/C=C\C/C=C\C/C=C\C/C=C\C/C=C\CCCCCC(=O)OCC(COP(=O)(O)OCC(O)COP(=O)(O)OCC(COC(=O)CCCCCC/C=C\C/C=C\C/C=C\C/C=C\CC)OC(=O)CCCCCCCCC/C=C\C/C=C\C/C=C\CC)OC(=O)CCCCCCCCCCCCC. The van der Waals surface area contributed by atoms with Gasteiger partial charge in [0.15, 0.2) is 12.2 Å². The Kier molecular flexibility index (Phi) is 72.4. The van der Waals surface area contributed by atoms with Crippen LogP contribution in [0.15, 0.2) is 146 Å². The van der Waals surface area contributed by atoms with Crippen LogP contribution in [0.1, 0.15) is 310 Å². The molecule has 0 spiro atoms. The van der Waals surface area contributed by atoms with Gasteiger partial charge >= 0.3 is 39.5 Å². The van der Waals surface area contributed by atoms with Gasteiger partial charge in [-0.05, 0) is 141 Å². The third-order valence-corrected chi connectivity index (χ3v) is 18.2. The van der Waals surface area contributed by atoms with E-state index in [4.69, 9.17) is 37.0 Å². The summed E-state index contributed by atoms with van der Waals surface area (Å²) in [7, 11) is -9.98. The van der Waals surface area contributed by atoms with Gasteiger partial charge in [-0.15, -0.1) is 0 Å². The van der Waals surface area contributed by atoms with Gasteiger partial charge in [0, 0.05) is 25.7 Å². The minimum atomic E-state index is -4.99. The molecule has 0 aromatic heterocycles. The Morgan fingerprint density at radius 1 is 0.279 bits per heavy atom. The molecule has 5 unspecified atom stereocenters. The van der Waals surface area contributed by atoms with Gasteiger partial charge in [0.25, 0.3) is 0 Å². The highest BCUT2D eigenvalue weighted by atomic mass is 31.2. The number of ether oxygens (including phenoxy) is 4. The van der Waals surface area contributed by atoms with Crippen molar-refractivity contribution in [2.24, 2.45) is 0 Å². The van der Waals surface area contributed by atoms with Crippen LogP contribution in [0.25, 0.3) is 0 Å². The zero-order valence-corrected chi connectivity index (χ0v) is 66.7. The van der Waals surface area contributed by atoms with E-state index < -0.39 is 97.5 Å². The molecule has 5 atom stereocenters. The van der Waals surface area contributed by atoms with E-state index in [1.54, 1.807) is 0 Å². The lowest BCUT2D eigenvalue weighted by atomic mass is 10.1. The van der Waals surface area contributed by atoms with Crippen molar-refractivity contribution in [3.63, 3.8) is 0 Å². The van der Waals surface area contributed by atoms with Crippen LogP contribution in [0.5, 0.6) is 0 Å². The van der Waals surface area contributed by atoms with Crippen LogP contribution in [0.4, 0.5) is 0 Å². The fraction of sp³-hybridized carbons (Fsp3) is 0.671. The number of rotatable bonds is 74. The van der Waals surface area contributed by atoms with E-state index in [1.807, 2.05) is 0 Å². The maximum absolute atomic E-state index is 13.1. The number of carbonyl (C=O) groups excluding carboxylic acids is 4. The standard InChI is InChI=1S/C85H142O17P2/c1-5-9-13-17-21-25-29-32-35-38-39-42-44-47-51-54-58-62-66-70-82(87)95-75-80(101-84(89)71-67-63-59-55-49-28-24-20-16-12-8-4)77-99-103(91,92)97-73-79(86)74-98-104(93,94)100-78-81(102-85(90)72-68-64-60-56-52-48-45-41-37-34-31-27-23-19-15-11-7-3)76-96-83(88)69-65-61-57-53-50-46-43-40-36-33-30-26-22-18-14-10-6-2/h9-11,13-15,21-23,25-27,32-37,39,42-43,46-47,51,79-81,86H,5-8,12,16-20,24,28-31,38,40-41,44-45,48-50,52-78H2,1-4H3,(H,91,92)(H,93,94)/b13-9-,14-10-,15-11-,25-21-,26-22-,27-23-,35-32-,36-33-,37-34-,42-39-,46-43-,51-47-. The molecular weight excluding hydrogens is 1350 g/mol. The predicted molar refractivity (Wildman–Crippen MR) is 427 cm³/mol. The summed E-state index contributed by atoms with van der Waals surface area (Å²) in [6.45, 7) is 4.46. The number of phosphoric acid groups is 2. The van der Waals surface area contributed by atoms with E-state index in [0.717, 1.165) is 193 Å². The third-order valence-electron chi connectivity index (χ3n) is 16.3. The van der Waals surface area contributed by atoms with Crippen LogP contribution < -0.4 is 0 Å². The number of unbranched alkanes of at least 4 members (excludes halogenated alkanes) is 24. The van der Waals surface area contributed by atoms with Gasteiger partial charge in [-0.3, -0.25) is 37.3 Å². The first-order valence-electron chi connectivity index (χ1n) is 40.1. The van der Waals surface area contributed by atoms with Crippen molar-refractivity contribution in [1.82, 2.24) is 0 Å². The van der Waals surface area contributed by atoms with Gasteiger partial charge < -0.3 is 33.8 Å². The molecule has 0 aliphatic carbocycles. The lowest BCUT2D eigenvalue weighted by molar-refractivity contribution is -0.161. The largest absolute Gasteiger partial charge is 0.472 e. The quantitative estimate of drug-likeness (QED) is 0.0169. The highest BCUT2D eigenvalue weighted by Crippen LogP contribution is 2.45. The molecule has 0 amide bonds. The lowest BCUT2D eigenvalue weighted by Gasteiger charge is -2.21. The average Bonchev–Trinajstić information content (AvgIpc) is 0.931. The molecule has 594 valence electrons. The van der Waals surface area contributed by atoms with Crippen molar-refractivity contribution in [3.05, 3.63) is 146 Å². The van der Waals surface area contributed by atoms with E-state index in [9.17, 15) is 43.2 Å². The first-order valence-corrected chi connectivity index (χ1v) is 43.1.